The Bertz CT molecular complexity index is 715. The first-order valence-corrected chi connectivity index (χ1v) is 7.83. The van der Waals surface area contributed by atoms with Crippen LogP contribution in [0.4, 0.5) is 0 Å². The van der Waals surface area contributed by atoms with Gasteiger partial charge in [-0.3, -0.25) is 9.55 Å². The molecular formula is C10H12BrN5O3S. The molecule has 108 valence electrons. The van der Waals surface area contributed by atoms with Crippen molar-refractivity contribution in [3.8, 4) is 11.4 Å². The zero-order valence-electron chi connectivity index (χ0n) is 10.5. The topological polar surface area (TPSA) is 113 Å². The van der Waals surface area contributed by atoms with Crippen molar-refractivity contribution in [3.05, 3.63) is 22.9 Å². The van der Waals surface area contributed by atoms with Crippen LogP contribution in [0.2, 0.25) is 0 Å². The minimum Gasteiger partial charge on any atom is -0.383 e. The molecule has 2 aromatic heterocycles. The number of hydrogen-bond acceptors (Lipinski definition) is 6. The van der Waals surface area contributed by atoms with Crippen LogP contribution in [0.1, 0.15) is 0 Å². The highest BCUT2D eigenvalue weighted by atomic mass is 79.9. The monoisotopic (exact) mass is 361 g/mol. The van der Waals surface area contributed by atoms with Gasteiger partial charge in [0.05, 0.1) is 13.2 Å². The number of sulfonamides is 1. The van der Waals surface area contributed by atoms with Crippen LogP contribution < -0.4 is 5.14 Å². The summed E-state index contributed by atoms with van der Waals surface area (Å²) in [4.78, 5) is 4.01. The number of rotatable bonds is 5. The van der Waals surface area contributed by atoms with E-state index in [0.717, 1.165) is 4.47 Å². The molecule has 2 N–H and O–H groups in total. The van der Waals surface area contributed by atoms with Gasteiger partial charge in [0.15, 0.2) is 5.82 Å². The van der Waals surface area contributed by atoms with Crippen molar-refractivity contribution in [3.63, 3.8) is 0 Å². The summed E-state index contributed by atoms with van der Waals surface area (Å²) in [6.45, 7) is 0.562. The quantitative estimate of drug-likeness (QED) is 0.824. The molecule has 0 spiro atoms. The highest BCUT2D eigenvalue weighted by Crippen LogP contribution is 2.22. The molecule has 0 aromatic carbocycles. The van der Waals surface area contributed by atoms with Gasteiger partial charge in [-0.1, -0.05) is 0 Å². The number of nitrogens with two attached hydrogens (primary N) is 1. The molecule has 0 bridgehead atoms. The van der Waals surface area contributed by atoms with E-state index in [1.165, 1.54) is 11.7 Å². The fourth-order valence-electron chi connectivity index (χ4n) is 1.63. The second-order valence-electron chi connectivity index (χ2n) is 3.89. The van der Waals surface area contributed by atoms with Crippen molar-refractivity contribution < 1.29 is 13.2 Å². The number of hydrogen-bond donors (Lipinski definition) is 1. The molecule has 0 fully saturated rings. The Kier molecular flexibility index (Phi) is 4.48. The number of ether oxygens (including phenoxy) is 1. The first-order valence-electron chi connectivity index (χ1n) is 5.49. The van der Waals surface area contributed by atoms with Crippen LogP contribution in [0.25, 0.3) is 11.4 Å². The molecule has 0 saturated heterocycles. The molecule has 2 heterocycles. The number of nitrogens with zero attached hydrogens (tertiary/aromatic N) is 4. The molecule has 8 nitrogen and oxygen atoms in total. The lowest BCUT2D eigenvalue weighted by atomic mass is 10.3. The molecule has 0 unspecified atom stereocenters. The summed E-state index contributed by atoms with van der Waals surface area (Å²) in [5.74, 6) is 0.361. The maximum Gasteiger partial charge on any atom is 0.273 e. The number of methoxy groups -OCH3 is 1. The third-order valence-electron chi connectivity index (χ3n) is 2.45. The molecule has 2 rings (SSSR count). The molecular weight excluding hydrogens is 350 g/mol. The largest absolute Gasteiger partial charge is 0.383 e. The highest BCUT2D eigenvalue weighted by Gasteiger charge is 2.22. The molecule has 0 aliphatic rings. The zero-order valence-corrected chi connectivity index (χ0v) is 12.9. The summed E-state index contributed by atoms with van der Waals surface area (Å²) in [7, 11) is -2.44. The van der Waals surface area contributed by atoms with Crippen molar-refractivity contribution >= 4 is 26.0 Å². The van der Waals surface area contributed by atoms with Gasteiger partial charge in [-0.2, -0.15) is 0 Å². The summed E-state index contributed by atoms with van der Waals surface area (Å²) >= 11 is 3.30. The smallest absolute Gasteiger partial charge is 0.273 e. The summed E-state index contributed by atoms with van der Waals surface area (Å²) < 4.78 is 30.1. The van der Waals surface area contributed by atoms with Crippen molar-refractivity contribution in [1.29, 1.82) is 0 Å². The van der Waals surface area contributed by atoms with E-state index in [4.69, 9.17) is 9.88 Å². The third kappa shape index (κ3) is 3.20. The standard InChI is InChI=1S/C10H12BrN5O3S/c1-19-3-2-16-9(7-4-8(11)6-13-5-7)14-15-10(16)20(12,17)18/h4-6H,2-3H2,1H3,(H2,12,17,18). The van der Waals surface area contributed by atoms with E-state index in [2.05, 4.69) is 31.1 Å². The van der Waals surface area contributed by atoms with Crippen LogP contribution in [0.5, 0.6) is 0 Å². The molecule has 0 atom stereocenters. The Morgan fingerprint density at radius 1 is 1.40 bits per heavy atom. The van der Waals surface area contributed by atoms with E-state index in [1.807, 2.05) is 0 Å². The SMILES string of the molecule is COCCn1c(-c2cncc(Br)c2)nnc1S(N)(=O)=O. The maximum absolute atomic E-state index is 11.5. The molecule has 0 radical (unpaired) electrons. The van der Waals surface area contributed by atoms with Crippen LogP contribution in [-0.4, -0.2) is 41.9 Å². The van der Waals surface area contributed by atoms with E-state index >= 15 is 0 Å². The van der Waals surface area contributed by atoms with Crippen LogP contribution in [0, 0.1) is 0 Å². The first kappa shape index (κ1) is 15.0. The molecule has 0 saturated carbocycles. The third-order valence-corrected chi connectivity index (χ3v) is 3.70. The van der Waals surface area contributed by atoms with Gasteiger partial charge < -0.3 is 4.74 Å². The Morgan fingerprint density at radius 3 is 2.75 bits per heavy atom. The van der Waals surface area contributed by atoms with Gasteiger partial charge in [0, 0.05) is 29.5 Å². The molecule has 0 aliphatic carbocycles. The van der Waals surface area contributed by atoms with E-state index in [-0.39, 0.29) is 11.7 Å². The Labute approximate surface area is 124 Å². The lowest BCUT2D eigenvalue weighted by molar-refractivity contribution is 0.185. The lowest BCUT2D eigenvalue weighted by Crippen LogP contribution is -2.20. The van der Waals surface area contributed by atoms with Crippen LogP contribution in [-0.2, 0) is 21.3 Å². The summed E-state index contributed by atoms with van der Waals surface area (Å²) in [6.07, 6.45) is 3.17. The van der Waals surface area contributed by atoms with Crippen LogP contribution in [0.3, 0.4) is 0 Å². The van der Waals surface area contributed by atoms with E-state index in [9.17, 15) is 8.42 Å². The average molecular weight is 362 g/mol. The molecule has 20 heavy (non-hydrogen) atoms. The van der Waals surface area contributed by atoms with Gasteiger partial charge in [0.2, 0.25) is 0 Å². The number of aromatic nitrogens is 4. The Morgan fingerprint density at radius 2 is 2.15 bits per heavy atom. The molecule has 0 aliphatic heterocycles. The summed E-state index contributed by atoms with van der Waals surface area (Å²) in [5.41, 5.74) is 0.623. The minimum atomic E-state index is -3.96. The van der Waals surface area contributed by atoms with E-state index < -0.39 is 10.0 Å². The van der Waals surface area contributed by atoms with Crippen molar-refractivity contribution in [1.82, 2.24) is 19.7 Å². The van der Waals surface area contributed by atoms with E-state index in [0.29, 0.717) is 18.0 Å². The predicted molar refractivity (Wildman–Crippen MR) is 74.2 cm³/mol. The zero-order chi connectivity index (χ0) is 14.8. The average Bonchev–Trinajstić information content (AvgIpc) is 2.79. The van der Waals surface area contributed by atoms with Crippen molar-refractivity contribution in [2.75, 3.05) is 13.7 Å². The molecule has 2 aromatic rings. The number of primary sulfonamides is 1. The normalized spacial score (nSPS) is 11.8. The van der Waals surface area contributed by atoms with Gasteiger partial charge in [-0.05, 0) is 22.0 Å². The number of halogens is 1. The number of pyridine rings is 1. The van der Waals surface area contributed by atoms with Gasteiger partial charge in [0.25, 0.3) is 15.2 Å². The van der Waals surface area contributed by atoms with Crippen molar-refractivity contribution in [2.45, 2.75) is 11.7 Å². The van der Waals surface area contributed by atoms with Crippen LogP contribution >= 0.6 is 15.9 Å². The summed E-state index contributed by atoms with van der Waals surface area (Å²) in [5, 5.41) is 12.4. The van der Waals surface area contributed by atoms with Gasteiger partial charge in [0.1, 0.15) is 0 Å². The second kappa shape index (κ2) is 5.95. The maximum atomic E-state index is 11.5. The fourth-order valence-corrected chi connectivity index (χ4v) is 2.64. The van der Waals surface area contributed by atoms with Gasteiger partial charge >= 0.3 is 0 Å². The van der Waals surface area contributed by atoms with Gasteiger partial charge in [-0.15, -0.1) is 10.2 Å². The minimum absolute atomic E-state index is 0.261. The first-order chi connectivity index (χ1) is 9.43. The fraction of sp³-hybridized carbons (Fsp3) is 0.300. The lowest BCUT2D eigenvalue weighted by Gasteiger charge is -2.08. The van der Waals surface area contributed by atoms with Gasteiger partial charge in [-0.25, -0.2) is 13.6 Å². The predicted octanol–water partition coefficient (Wildman–Crippen LogP) is 0.396. The van der Waals surface area contributed by atoms with E-state index in [1.54, 1.807) is 18.5 Å². The molecule has 0 amide bonds. The second-order valence-corrected chi connectivity index (χ2v) is 6.26. The van der Waals surface area contributed by atoms with Crippen LogP contribution in [0.15, 0.2) is 28.1 Å². The Hall–Kier alpha value is -1.36. The summed E-state index contributed by atoms with van der Waals surface area (Å²) in [6, 6.07) is 1.76. The Balaban J connectivity index is 2.56. The highest BCUT2D eigenvalue weighted by molar-refractivity contribution is 9.10. The molecule has 10 heteroatoms. The van der Waals surface area contributed by atoms with Crippen molar-refractivity contribution in [2.24, 2.45) is 5.14 Å².